The Bertz CT molecular complexity index is 433. The predicted molar refractivity (Wildman–Crippen MR) is 71.2 cm³/mol. The number of nitrogens with one attached hydrogen (secondary N) is 1. The Morgan fingerprint density at radius 2 is 2.26 bits per heavy atom. The lowest BCUT2D eigenvalue weighted by atomic mass is 9.95. The normalized spacial score (nSPS) is 14.2. The predicted octanol–water partition coefficient (Wildman–Crippen LogP) is 2.14. The Hall–Kier alpha value is -1.49. The van der Waals surface area contributed by atoms with Gasteiger partial charge >= 0.3 is 0 Å². The van der Waals surface area contributed by atoms with Crippen LogP contribution in [-0.4, -0.2) is 28.1 Å². The zero-order valence-electron chi connectivity index (χ0n) is 11.6. The standard InChI is InChI=1S/C14H21FN2O2/c1-10(2)4-6-14(3,19)9-17-13(18)11-5-7-16-8-12(11)15/h5,7-8,10,19H,4,6,9H2,1-3H3,(H,17,18). The summed E-state index contributed by atoms with van der Waals surface area (Å²) in [5.41, 5.74) is -1.04. The lowest BCUT2D eigenvalue weighted by molar-refractivity contribution is 0.0428. The molecule has 1 aromatic rings. The van der Waals surface area contributed by atoms with Gasteiger partial charge in [0, 0.05) is 12.7 Å². The van der Waals surface area contributed by atoms with Gasteiger partial charge in [-0.15, -0.1) is 0 Å². The molecule has 0 spiro atoms. The topological polar surface area (TPSA) is 62.2 Å². The van der Waals surface area contributed by atoms with Crippen LogP contribution in [0.25, 0.3) is 0 Å². The van der Waals surface area contributed by atoms with Gasteiger partial charge in [-0.2, -0.15) is 0 Å². The fraction of sp³-hybridized carbons (Fsp3) is 0.571. The van der Waals surface area contributed by atoms with Crippen LogP contribution in [0.4, 0.5) is 4.39 Å². The van der Waals surface area contributed by atoms with E-state index in [-0.39, 0.29) is 12.1 Å². The number of aromatic nitrogens is 1. The number of hydrogen-bond acceptors (Lipinski definition) is 3. The number of aliphatic hydroxyl groups is 1. The number of pyridine rings is 1. The number of amides is 1. The molecule has 1 heterocycles. The van der Waals surface area contributed by atoms with Gasteiger partial charge in [-0.25, -0.2) is 4.39 Å². The zero-order valence-corrected chi connectivity index (χ0v) is 11.6. The molecule has 19 heavy (non-hydrogen) atoms. The minimum Gasteiger partial charge on any atom is -0.388 e. The summed E-state index contributed by atoms with van der Waals surface area (Å²) < 4.78 is 13.3. The van der Waals surface area contributed by atoms with Crippen molar-refractivity contribution in [1.29, 1.82) is 0 Å². The average Bonchev–Trinajstić information content (AvgIpc) is 2.34. The summed E-state index contributed by atoms with van der Waals surface area (Å²) in [6, 6.07) is 1.31. The van der Waals surface area contributed by atoms with Crippen LogP contribution in [0.5, 0.6) is 0 Å². The van der Waals surface area contributed by atoms with Gasteiger partial charge in [0.1, 0.15) is 0 Å². The van der Waals surface area contributed by atoms with Crippen LogP contribution in [-0.2, 0) is 0 Å². The Labute approximate surface area is 113 Å². The van der Waals surface area contributed by atoms with Crippen molar-refractivity contribution in [2.45, 2.75) is 39.2 Å². The second-order valence-corrected chi connectivity index (χ2v) is 5.47. The molecule has 106 valence electrons. The highest BCUT2D eigenvalue weighted by Gasteiger charge is 2.22. The summed E-state index contributed by atoms with van der Waals surface area (Å²) >= 11 is 0. The lowest BCUT2D eigenvalue weighted by Gasteiger charge is -2.24. The molecule has 1 rings (SSSR count). The van der Waals surface area contributed by atoms with Crippen LogP contribution in [0.3, 0.4) is 0 Å². The molecule has 1 atom stereocenters. The molecule has 0 aliphatic carbocycles. The number of nitrogens with zero attached hydrogens (tertiary/aromatic N) is 1. The van der Waals surface area contributed by atoms with Gasteiger partial charge in [-0.05, 0) is 31.7 Å². The van der Waals surface area contributed by atoms with E-state index >= 15 is 0 Å². The van der Waals surface area contributed by atoms with Gasteiger partial charge in [-0.3, -0.25) is 9.78 Å². The fourth-order valence-corrected chi connectivity index (χ4v) is 1.61. The van der Waals surface area contributed by atoms with Crippen LogP contribution in [0.15, 0.2) is 18.5 Å². The fourth-order valence-electron chi connectivity index (χ4n) is 1.61. The number of carbonyl (C=O) groups is 1. The van der Waals surface area contributed by atoms with Crippen molar-refractivity contribution in [3.8, 4) is 0 Å². The number of rotatable bonds is 6. The van der Waals surface area contributed by atoms with Crippen LogP contribution < -0.4 is 5.32 Å². The summed E-state index contributed by atoms with van der Waals surface area (Å²) in [4.78, 5) is 15.3. The van der Waals surface area contributed by atoms with E-state index in [0.717, 1.165) is 12.6 Å². The van der Waals surface area contributed by atoms with Crippen molar-refractivity contribution in [2.24, 2.45) is 5.92 Å². The van der Waals surface area contributed by atoms with Crippen molar-refractivity contribution < 1.29 is 14.3 Å². The summed E-state index contributed by atoms with van der Waals surface area (Å²) in [5.74, 6) is -0.716. The molecule has 0 aromatic carbocycles. The van der Waals surface area contributed by atoms with Gasteiger partial charge < -0.3 is 10.4 Å². The Morgan fingerprint density at radius 1 is 1.58 bits per heavy atom. The maximum atomic E-state index is 13.3. The molecular formula is C14H21FN2O2. The number of halogens is 1. The van der Waals surface area contributed by atoms with E-state index in [9.17, 15) is 14.3 Å². The molecule has 0 saturated carbocycles. The van der Waals surface area contributed by atoms with Crippen molar-refractivity contribution in [2.75, 3.05) is 6.54 Å². The van der Waals surface area contributed by atoms with E-state index < -0.39 is 17.3 Å². The first-order chi connectivity index (χ1) is 8.82. The summed E-state index contributed by atoms with van der Waals surface area (Å²) in [6.45, 7) is 5.90. The van der Waals surface area contributed by atoms with Crippen LogP contribution in [0.2, 0.25) is 0 Å². The van der Waals surface area contributed by atoms with E-state index in [2.05, 4.69) is 24.1 Å². The van der Waals surface area contributed by atoms with E-state index in [1.165, 1.54) is 12.3 Å². The molecule has 0 saturated heterocycles. The molecule has 0 aliphatic rings. The van der Waals surface area contributed by atoms with Crippen molar-refractivity contribution in [3.63, 3.8) is 0 Å². The quantitative estimate of drug-likeness (QED) is 0.831. The van der Waals surface area contributed by atoms with Gasteiger partial charge in [0.05, 0.1) is 17.4 Å². The first kappa shape index (κ1) is 15.6. The van der Waals surface area contributed by atoms with Crippen LogP contribution in [0.1, 0.15) is 44.0 Å². The Kier molecular flexibility index (Phi) is 5.42. The SMILES string of the molecule is CC(C)CCC(C)(O)CNC(=O)c1ccncc1F. The summed E-state index contributed by atoms with van der Waals surface area (Å²) in [5, 5.41) is 12.7. The van der Waals surface area contributed by atoms with Gasteiger partial charge in [0.25, 0.3) is 5.91 Å². The first-order valence-electron chi connectivity index (χ1n) is 6.42. The maximum Gasteiger partial charge on any atom is 0.254 e. The molecule has 0 bridgehead atoms. The first-order valence-corrected chi connectivity index (χ1v) is 6.42. The summed E-state index contributed by atoms with van der Waals surface area (Å²) in [6.07, 6.45) is 3.80. The molecule has 4 nitrogen and oxygen atoms in total. The van der Waals surface area contributed by atoms with E-state index in [4.69, 9.17) is 0 Å². The Morgan fingerprint density at radius 3 is 2.84 bits per heavy atom. The molecule has 1 unspecified atom stereocenters. The number of carbonyl (C=O) groups excluding carboxylic acids is 1. The molecule has 0 radical (unpaired) electrons. The molecule has 0 aliphatic heterocycles. The third-order valence-electron chi connectivity index (χ3n) is 2.91. The van der Waals surface area contributed by atoms with Gasteiger partial charge in [0.15, 0.2) is 5.82 Å². The summed E-state index contributed by atoms with van der Waals surface area (Å²) in [7, 11) is 0. The zero-order chi connectivity index (χ0) is 14.5. The largest absolute Gasteiger partial charge is 0.388 e. The molecule has 0 fully saturated rings. The third-order valence-corrected chi connectivity index (χ3v) is 2.91. The maximum absolute atomic E-state index is 13.3. The van der Waals surface area contributed by atoms with Crippen molar-refractivity contribution in [3.05, 3.63) is 29.8 Å². The molecule has 5 heteroatoms. The average molecular weight is 268 g/mol. The monoisotopic (exact) mass is 268 g/mol. The highest BCUT2D eigenvalue weighted by Crippen LogP contribution is 2.15. The van der Waals surface area contributed by atoms with E-state index in [0.29, 0.717) is 12.3 Å². The van der Waals surface area contributed by atoms with E-state index in [1.54, 1.807) is 6.92 Å². The van der Waals surface area contributed by atoms with Crippen molar-refractivity contribution >= 4 is 5.91 Å². The number of hydrogen-bond donors (Lipinski definition) is 2. The molecule has 2 N–H and O–H groups in total. The molecule has 1 aromatic heterocycles. The second-order valence-electron chi connectivity index (χ2n) is 5.47. The minimum atomic E-state index is -0.983. The second kappa shape index (κ2) is 6.61. The van der Waals surface area contributed by atoms with Crippen LogP contribution >= 0.6 is 0 Å². The highest BCUT2D eigenvalue weighted by molar-refractivity contribution is 5.94. The van der Waals surface area contributed by atoms with Crippen LogP contribution in [0, 0.1) is 11.7 Å². The van der Waals surface area contributed by atoms with Gasteiger partial charge in [0.2, 0.25) is 0 Å². The highest BCUT2D eigenvalue weighted by atomic mass is 19.1. The van der Waals surface area contributed by atoms with E-state index in [1.807, 2.05) is 0 Å². The molecule has 1 amide bonds. The smallest absolute Gasteiger partial charge is 0.254 e. The van der Waals surface area contributed by atoms with Gasteiger partial charge in [-0.1, -0.05) is 13.8 Å². The lowest BCUT2D eigenvalue weighted by Crippen LogP contribution is -2.41. The third kappa shape index (κ3) is 5.34. The minimum absolute atomic E-state index is 0.0605. The molecular weight excluding hydrogens is 247 g/mol. The Balaban J connectivity index is 2.52. The van der Waals surface area contributed by atoms with Crippen molar-refractivity contribution in [1.82, 2.24) is 10.3 Å².